The molecule has 2 aromatic heterocycles. The van der Waals surface area contributed by atoms with E-state index in [4.69, 9.17) is 11.6 Å². The van der Waals surface area contributed by atoms with Crippen molar-refractivity contribution >= 4 is 44.6 Å². The van der Waals surface area contributed by atoms with Crippen LogP contribution in [0.3, 0.4) is 0 Å². The summed E-state index contributed by atoms with van der Waals surface area (Å²) in [6.45, 7) is 0.847. The van der Waals surface area contributed by atoms with Crippen molar-refractivity contribution in [3.05, 3.63) is 44.3 Å². The zero-order valence-corrected chi connectivity index (χ0v) is 11.8. The summed E-state index contributed by atoms with van der Waals surface area (Å²) in [5, 5.41) is 0. The van der Waals surface area contributed by atoms with Gasteiger partial charge in [-0.1, -0.05) is 11.6 Å². The molecule has 2 nitrogen and oxygen atoms in total. The van der Waals surface area contributed by atoms with E-state index in [1.165, 1.54) is 4.88 Å². The molecule has 0 atom stereocenters. The van der Waals surface area contributed by atoms with Crippen LogP contribution in [0.2, 0.25) is 4.34 Å². The number of thiophene rings is 1. The van der Waals surface area contributed by atoms with Crippen LogP contribution in [0.5, 0.6) is 0 Å². The molecule has 0 aromatic carbocycles. The van der Waals surface area contributed by atoms with Crippen LogP contribution in [0.1, 0.15) is 4.88 Å². The molecule has 0 aliphatic rings. The van der Waals surface area contributed by atoms with Gasteiger partial charge in [0, 0.05) is 24.3 Å². The highest BCUT2D eigenvalue weighted by molar-refractivity contribution is 9.10. The molecule has 2 rings (SSSR count). The molecule has 84 valence electrons. The predicted octanol–water partition coefficient (Wildman–Crippen LogP) is 4.20. The van der Waals surface area contributed by atoms with Gasteiger partial charge in [0.15, 0.2) is 0 Å². The lowest BCUT2D eigenvalue weighted by molar-refractivity contribution is 0.934. The van der Waals surface area contributed by atoms with Gasteiger partial charge in [0.05, 0.1) is 21.0 Å². The molecule has 2 aromatic rings. The number of nitrogens with zero attached hydrogens (tertiary/aromatic N) is 2. The first-order chi connectivity index (χ1) is 7.66. The number of halogens is 2. The Bertz CT molecular complexity index is 486. The number of aromatic nitrogens is 1. The minimum absolute atomic E-state index is 0.831. The third-order valence-electron chi connectivity index (χ3n) is 2.18. The first kappa shape index (κ1) is 11.9. The first-order valence-electron chi connectivity index (χ1n) is 4.71. The maximum absolute atomic E-state index is 5.90. The molecule has 0 fully saturated rings. The fourth-order valence-corrected chi connectivity index (χ4v) is 3.13. The van der Waals surface area contributed by atoms with Gasteiger partial charge in [-0.3, -0.25) is 4.98 Å². The highest BCUT2D eigenvalue weighted by Gasteiger charge is 2.07. The molecule has 16 heavy (non-hydrogen) atoms. The summed E-state index contributed by atoms with van der Waals surface area (Å²) in [6, 6.07) is 5.97. The van der Waals surface area contributed by atoms with E-state index < -0.39 is 0 Å². The molecule has 0 unspecified atom stereocenters. The predicted molar refractivity (Wildman–Crippen MR) is 73.4 cm³/mol. The first-order valence-corrected chi connectivity index (χ1v) is 6.70. The fourth-order valence-electron chi connectivity index (χ4n) is 1.43. The van der Waals surface area contributed by atoms with Gasteiger partial charge in [0.2, 0.25) is 0 Å². The smallest absolute Gasteiger partial charge is 0.0931 e. The third-order valence-corrected chi connectivity index (χ3v) is 4.01. The lowest BCUT2D eigenvalue weighted by Crippen LogP contribution is -2.15. The second-order valence-corrected chi connectivity index (χ2v) is 6.04. The van der Waals surface area contributed by atoms with E-state index in [2.05, 4.69) is 31.9 Å². The molecule has 0 amide bonds. The zero-order chi connectivity index (χ0) is 11.5. The number of anilines is 1. The molecule has 0 bridgehead atoms. The van der Waals surface area contributed by atoms with E-state index >= 15 is 0 Å². The summed E-state index contributed by atoms with van der Waals surface area (Å²) in [5.74, 6) is 0. The van der Waals surface area contributed by atoms with Crippen molar-refractivity contribution in [3.63, 3.8) is 0 Å². The normalized spacial score (nSPS) is 10.4. The topological polar surface area (TPSA) is 16.1 Å². The summed E-state index contributed by atoms with van der Waals surface area (Å²) in [7, 11) is 2.05. The van der Waals surface area contributed by atoms with E-state index in [1.807, 2.05) is 19.2 Å². The van der Waals surface area contributed by atoms with Crippen molar-refractivity contribution in [2.45, 2.75) is 6.54 Å². The molecule has 2 heterocycles. The number of pyridine rings is 1. The molecule has 0 saturated carbocycles. The minimum Gasteiger partial charge on any atom is -0.368 e. The summed E-state index contributed by atoms with van der Waals surface area (Å²) in [4.78, 5) is 7.45. The average Bonchev–Trinajstić information content (AvgIpc) is 2.64. The van der Waals surface area contributed by atoms with Gasteiger partial charge < -0.3 is 4.90 Å². The summed E-state index contributed by atoms with van der Waals surface area (Å²) in [6.07, 6.45) is 3.59. The molecule has 0 spiro atoms. The monoisotopic (exact) mass is 316 g/mol. The fraction of sp³-hybridized carbons (Fsp3) is 0.182. The maximum atomic E-state index is 5.90. The Morgan fingerprint density at radius 3 is 2.88 bits per heavy atom. The Hall–Kier alpha value is -0.580. The zero-order valence-electron chi connectivity index (χ0n) is 8.65. The van der Waals surface area contributed by atoms with Gasteiger partial charge in [0.1, 0.15) is 0 Å². The standard InChI is InChI=1S/C11H10BrClN2S/c1-15(7-8-2-3-11(13)16-8)10-4-5-14-6-9(10)12/h2-6H,7H2,1H3. The highest BCUT2D eigenvalue weighted by atomic mass is 79.9. The average molecular weight is 318 g/mol. The van der Waals surface area contributed by atoms with Crippen molar-refractivity contribution in [2.75, 3.05) is 11.9 Å². The second-order valence-electron chi connectivity index (χ2n) is 3.39. The Balaban J connectivity index is 2.14. The van der Waals surface area contributed by atoms with Gasteiger partial charge >= 0.3 is 0 Å². The van der Waals surface area contributed by atoms with Crippen LogP contribution in [-0.4, -0.2) is 12.0 Å². The van der Waals surface area contributed by atoms with Crippen LogP contribution < -0.4 is 4.90 Å². The van der Waals surface area contributed by atoms with Crippen LogP contribution in [-0.2, 0) is 6.54 Å². The van der Waals surface area contributed by atoms with Gasteiger partial charge in [-0.25, -0.2) is 0 Å². The van der Waals surface area contributed by atoms with Crippen LogP contribution in [0.25, 0.3) is 0 Å². The van der Waals surface area contributed by atoms with E-state index in [0.717, 1.165) is 21.0 Å². The number of hydrogen-bond donors (Lipinski definition) is 0. The molecule has 0 aliphatic carbocycles. The van der Waals surface area contributed by atoms with Crippen molar-refractivity contribution in [3.8, 4) is 0 Å². The summed E-state index contributed by atoms with van der Waals surface area (Å²) < 4.78 is 1.83. The van der Waals surface area contributed by atoms with Crippen LogP contribution in [0, 0.1) is 0 Å². The quantitative estimate of drug-likeness (QED) is 0.843. The largest absolute Gasteiger partial charge is 0.368 e. The van der Waals surface area contributed by atoms with Gasteiger partial charge in [-0.15, -0.1) is 11.3 Å². The lowest BCUT2D eigenvalue weighted by atomic mass is 10.3. The molecule has 0 radical (unpaired) electrons. The van der Waals surface area contributed by atoms with E-state index in [1.54, 1.807) is 23.7 Å². The van der Waals surface area contributed by atoms with Gasteiger partial charge in [-0.2, -0.15) is 0 Å². The SMILES string of the molecule is CN(Cc1ccc(Cl)s1)c1ccncc1Br. The van der Waals surface area contributed by atoms with Crippen LogP contribution in [0.15, 0.2) is 35.1 Å². The lowest BCUT2D eigenvalue weighted by Gasteiger charge is -2.19. The van der Waals surface area contributed by atoms with Crippen molar-refractivity contribution in [2.24, 2.45) is 0 Å². The third kappa shape index (κ3) is 2.75. The molecular weight excluding hydrogens is 308 g/mol. The van der Waals surface area contributed by atoms with Crippen LogP contribution >= 0.6 is 38.9 Å². The molecule has 5 heteroatoms. The Morgan fingerprint density at radius 1 is 1.44 bits per heavy atom. The van der Waals surface area contributed by atoms with Gasteiger partial charge in [0.25, 0.3) is 0 Å². The minimum atomic E-state index is 0.831. The molecule has 0 N–H and O–H groups in total. The highest BCUT2D eigenvalue weighted by Crippen LogP contribution is 2.27. The maximum Gasteiger partial charge on any atom is 0.0931 e. The van der Waals surface area contributed by atoms with Crippen LogP contribution in [0.4, 0.5) is 5.69 Å². The summed E-state index contributed by atoms with van der Waals surface area (Å²) >= 11 is 11.0. The van der Waals surface area contributed by atoms with E-state index in [0.29, 0.717) is 0 Å². The molecule has 0 aliphatic heterocycles. The second kappa shape index (κ2) is 5.17. The molecule has 0 saturated heterocycles. The molecular formula is C11H10BrClN2S. The van der Waals surface area contributed by atoms with E-state index in [9.17, 15) is 0 Å². The van der Waals surface area contributed by atoms with Gasteiger partial charge in [-0.05, 0) is 34.1 Å². The van der Waals surface area contributed by atoms with Crippen molar-refractivity contribution in [1.82, 2.24) is 4.98 Å². The number of rotatable bonds is 3. The van der Waals surface area contributed by atoms with E-state index in [-0.39, 0.29) is 0 Å². The van der Waals surface area contributed by atoms with Crippen molar-refractivity contribution < 1.29 is 0 Å². The number of hydrogen-bond acceptors (Lipinski definition) is 3. The Labute approximate surface area is 112 Å². The Kier molecular flexibility index (Phi) is 3.84. The Morgan fingerprint density at radius 2 is 2.25 bits per heavy atom. The van der Waals surface area contributed by atoms with Crippen molar-refractivity contribution in [1.29, 1.82) is 0 Å². The summed E-state index contributed by atoms with van der Waals surface area (Å²) in [5.41, 5.74) is 1.12.